The molecule has 6 heteroatoms. The minimum atomic E-state index is 0.199. The Morgan fingerprint density at radius 1 is 1.15 bits per heavy atom. The molecule has 20 heavy (non-hydrogen) atoms. The molecular weight excluding hydrogens is 270 g/mol. The van der Waals surface area contributed by atoms with Gasteiger partial charge in [-0.3, -0.25) is 0 Å². The third kappa shape index (κ3) is 3.25. The number of hydrogen-bond donors (Lipinski definition) is 2. The Labute approximate surface area is 123 Å². The standard InChI is InChI=1S/C14H21N5S/c1-4-10-12(15-6-3)17-9-18-13(10)19-11(5-2)14-16-7-8-20-14/h7-9,11H,4-6H2,1-3H3,(H2,15,17,18,19). The zero-order chi connectivity index (χ0) is 14.4. The summed E-state index contributed by atoms with van der Waals surface area (Å²) in [6, 6.07) is 0.199. The molecule has 0 radical (unpaired) electrons. The van der Waals surface area contributed by atoms with Crippen molar-refractivity contribution in [2.75, 3.05) is 17.2 Å². The fourth-order valence-corrected chi connectivity index (χ4v) is 2.87. The summed E-state index contributed by atoms with van der Waals surface area (Å²) < 4.78 is 0. The number of hydrogen-bond acceptors (Lipinski definition) is 6. The third-order valence-electron chi connectivity index (χ3n) is 3.11. The first-order valence-corrected chi connectivity index (χ1v) is 7.91. The van der Waals surface area contributed by atoms with Gasteiger partial charge in [0.1, 0.15) is 23.0 Å². The maximum Gasteiger partial charge on any atom is 0.135 e. The summed E-state index contributed by atoms with van der Waals surface area (Å²) in [6.07, 6.45) is 5.31. The van der Waals surface area contributed by atoms with Gasteiger partial charge in [-0.25, -0.2) is 15.0 Å². The lowest BCUT2D eigenvalue weighted by Crippen LogP contribution is -2.14. The molecule has 2 rings (SSSR count). The maximum absolute atomic E-state index is 4.40. The number of nitrogens with one attached hydrogen (secondary N) is 2. The highest BCUT2D eigenvalue weighted by molar-refractivity contribution is 7.09. The third-order valence-corrected chi connectivity index (χ3v) is 4.00. The number of aromatic nitrogens is 3. The molecule has 5 nitrogen and oxygen atoms in total. The summed E-state index contributed by atoms with van der Waals surface area (Å²) in [5.74, 6) is 1.82. The van der Waals surface area contributed by atoms with Crippen molar-refractivity contribution in [3.63, 3.8) is 0 Å². The highest BCUT2D eigenvalue weighted by atomic mass is 32.1. The fraction of sp³-hybridized carbons (Fsp3) is 0.500. The van der Waals surface area contributed by atoms with E-state index in [1.165, 1.54) is 0 Å². The van der Waals surface area contributed by atoms with Crippen molar-refractivity contribution in [2.45, 2.75) is 39.7 Å². The van der Waals surface area contributed by atoms with E-state index in [0.717, 1.165) is 41.6 Å². The summed E-state index contributed by atoms with van der Waals surface area (Å²) >= 11 is 1.67. The Morgan fingerprint density at radius 3 is 2.55 bits per heavy atom. The van der Waals surface area contributed by atoms with Crippen molar-refractivity contribution >= 4 is 23.0 Å². The minimum absolute atomic E-state index is 0.199. The molecule has 0 fully saturated rings. The Bertz CT molecular complexity index is 526. The van der Waals surface area contributed by atoms with Crippen LogP contribution in [0.1, 0.15) is 43.8 Å². The summed E-state index contributed by atoms with van der Waals surface area (Å²) in [5.41, 5.74) is 1.13. The molecule has 0 aliphatic carbocycles. The second kappa shape index (κ2) is 7.19. The highest BCUT2D eigenvalue weighted by Gasteiger charge is 2.16. The van der Waals surface area contributed by atoms with Crippen LogP contribution in [-0.4, -0.2) is 21.5 Å². The van der Waals surface area contributed by atoms with Crippen molar-refractivity contribution in [1.82, 2.24) is 15.0 Å². The van der Waals surface area contributed by atoms with E-state index in [2.05, 4.69) is 46.4 Å². The van der Waals surface area contributed by atoms with Crippen LogP contribution in [0.15, 0.2) is 17.9 Å². The Balaban J connectivity index is 2.25. The molecular formula is C14H21N5S. The zero-order valence-electron chi connectivity index (χ0n) is 12.2. The monoisotopic (exact) mass is 291 g/mol. The van der Waals surface area contributed by atoms with E-state index in [1.54, 1.807) is 17.7 Å². The molecule has 0 aliphatic rings. The lowest BCUT2D eigenvalue weighted by atomic mass is 10.2. The quantitative estimate of drug-likeness (QED) is 0.817. The van der Waals surface area contributed by atoms with Gasteiger partial charge in [-0.15, -0.1) is 11.3 Å². The van der Waals surface area contributed by atoms with Crippen molar-refractivity contribution in [2.24, 2.45) is 0 Å². The van der Waals surface area contributed by atoms with Crippen LogP contribution in [0.2, 0.25) is 0 Å². The molecule has 108 valence electrons. The molecule has 1 unspecified atom stereocenters. The highest BCUT2D eigenvalue weighted by Crippen LogP contribution is 2.27. The van der Waals surface area contributed by atoms with Crippen molar-refractivity contribution in [3.8, 4) is 0 Å². The van der Waals surface area contributed by atoms with Crippen LogP contribution in [0.25, 0.3) is 0 Å². The van der Waals surface area contributed by atoms with E-state index < -0.39 is 0 Å². The van der Waals surface area contributed by atoms with Gasteiger partial charge < -0.3 is 10.6 Å². The molecule has 0 aliphatic heterocycles. The average molecular weight is 291 g/mol. The van der Waals surface area contributed by atoms with Crippen LogP contribution in [-0.2, 0) is 6.42 Å². The first-order chi connectivity index (χ1) is 9.80. The second-order valence-corrected chi connectivity index (χ2v) is 5.33. The van der Waals surface area contributed by atoms with Crippen LogP contribution in [0.5, 0.6) is 0 Å². The van der Waals surface area contributed by atoms with Crippen LogP contribution >= 0.6 is 11.3 Å². The first-order valence-electron chi connectivity index (χ1n) is 7.03. The number of anilines is 2. The predicted octanol–water partition coefficient (Wildman–Crippen LogP) is 3.49. The fourth-order valence-electron chi connectivity index (χ4n) is 2.10. The summed E-state index contributed by atoms with van der Waals surface area (Å²) in [5, 5.41) is 9.90. The Morgan fingerprint density at radius 2 is 1.95 bits per heavy atom. The van der Waals surface area contributed by atoms with Gasteiger partial charge in [0.2, 0.25) is 0 Å². The SMILES string of the molecule is CCNc1ncnc(NC(CC)c2nccs2)c1CC. The summed E-state index contributed by atoms with van der Waals surface area (Å²) in [6.45, 7) is 7.19. The van der Waals surface area contributed by atoms with E-state index in [9.17, 15) is 0 Å². The van der Waals surface area contributed by atoms with E-state index in [-0.39, 0.29) is 6.04 Å². The molecule has 2 aromatic heterocycles. The molecule has 0 saturated carbocycles. The molecule has 0 spiro atoms. The van der Waals surface area contributed by atoms with E-state index >= 15 is 0 Å². The molecule has 2 N–H and O–H groups in total. The number of thiazole rings is 1. The molecule has 0 saturated heterocycles. The van der Waals surface area contributed by atoms with Gasteiger partial charge in [-0.2, -0.15) is 0 Å². The molecule has 0 bridgehead atoms. The molecule has 0 amide bonds. The van der Waals surface area contributed by atoms with Crippen molar-refractivity contribution < 1.29 is 0 Å². The van der Waals surface area contributed by atoms with Crippen molar-refractivity contribution in [1.29, 1.82) is 0 Å². The zero-order valence-corrected chi connectivity index (χ0v) is 13.0. The number of rotatable bonds is 7. The van der Waals surface area contributed by atoms with Gasteiger partial charge in [-0.05, 0) is 19.8 Å². The van der Waals surface area contributed by atoms with Crippen LogP contribution in [0.3, 0.4) is 0 Å². The number of nitrogens with zero attached hydrogens (tertiary/aromatic N) is 3. The Hall–Kier alpha value is -1.69. The minimum Gasteiger partial charge on any atom is -0.370 e. The largest absolute Gasteiger partial charge is 0.370 e. The predicted molar refractivity (Wildman–Crippen MR) is 84.3 cm³/mol. The van der Waals surface area contributed by atoms with Gasteiger partial charge in [-0.1, -0.05) is 13.8 Å². The second-order valence-electron chi connectivity index (χ2n) is 4.41. The normalized spacial score (nSPS) is 12.2. The average Bonchev–Trinajstić information content (AvgIpc) is 2.99. The molecule has 0 aromatic carbocycles. The van der Waals surface area contributed by atoms with Crippen LogP contribution in [0, 0.1) is 0 Å². The summed E-state index contributed by atoms with van der Waals surface area (Å²) in [4.78, 5) is 13.1. The van der Waals surface area contributed by atoms with Crippen LogP contribution in [0.4, 0.5) is 11.6 Å². The summed E-state index contributed by atoms with van der Waals surface area (Å²) in [7, 11) is 0. The van der Waals surface area contributed by atoms with Gasteiger partial charge in [0.15, 0.2) is 0 Å². The van der Waals surface area contributed by atoms with Gasteiger partial charge in [0, 0.05) is 23.7 Å². The maximum atomic E-state index is 4.40. The molecule has 1 atom stereocenters. The van der Waals surface area contributed by atoms with Crippen molar-refractivity contribution in [3.05, 3.63) is 28.5 Å². The Kier molecular flexibility index (Phi) is 5.29. The first kappa shape index (κ1) is 14.7. The lowest BCUT2D eigenvalue weighted by molar-refractivity contribution is 0.734. The smallest absolute Gasteiger partial charge is 0.135 e. The van der Waals surface area contributed by atoms with Gasteiger partial charge in [0.25, 0.3) is 0 Å². The van der Waals surface area contributed by atoms with E-state index in [4.69, 9.17) is 0 Å². The topological polar surface area (TPSA) is 62.7 Å². The lowest BCUT2D eigenvalue weighted by Gasteiger charge is -2.18. The van der Waals surface area contributed by atoms with E-state index in [0.29, 0.717) is 0 Å². The van der Waals surface area contributed by atoms with E-state index in [1.807, 2.05) is 11.6 Å². The molecule has 2 heterocycles. The molecule has 2 aromatic rings. The van der Waals surface area contributed by atoms with Crippen LogP contribution < -0.4 is 10.6 Å². The van der Waals surface area contributed by atoms with Gasteiger partial charge >= 0.3 is 0 Å². The van der Waals surface area contributed by atoms with Gasteiger partial charge in [0.05, 0.1) is 6.04 Å².